The number of hydrogen-bond donors (Lipinski definition) is 1. The molecule has 98 valence electrons. The fourth-order valence-corrected chi connectivity index (χ4v) is 1.55. The highest BCUT2D eigenvalue weighted by molar-refractivity contribution is 5.89. The SMILES string of the molecule is CCCCCC(=O)/C=C\Nc1ccc(OC)cc1. The summed E-state index contributed by atoms with van der Waals surface area (Å²) in [5.74, 6) is 0.990. The molecule has 0 radical (unpaired) electrons. The predicted molar refractivity (Wildman–Crippen MR) is 74.9 cm³/mol. The Bertz CT molecular complexity index is 382. The van der Waals surface area contributed by atoms with Gasteiger partial charge in [0.25, 0.3) is 0 Å². The average molecular weight is 247 g/mol. The average Bonchev–Trinajstić information content (AvgIpc) is 2.40. The number of unbranched alkanes of at least 4 members (excludes halogenated alkanes) is 2. The minimum Gasteiger partial charge on any atom is -0.497 e. The van der Waals surface area contributed by atoms with Crippen LogP contribution < -0.4 is 10.1 Å². The van der Waals surface area contributed by atoms with E-state index in [-0.39, 0.29) is 5.78 Å². The number of carbonyl (C=O) groups is 1. The number of carbonyl (C=O) groups excluding carboxylic acids is 1. The van der Waals surface area contributed by atoms with E-state index in [1.54, 1.807) is 19.4 Å². The van der Waals surface area contributed by atoms with Crippen LogP contribution in [0.2, 0.25) is 0 Å². The first-order chi connectivity index (χ1) is 8.76. The summed E-state index contributed by atoms with van der Waals surface area (Å²) in [6, 6.07) is 7.56. The van der Waals surface area contributed by atoms with Gasteiger partial charge < -0.3 is 10.1 Å². The minimum absolute atomic E-state index is 0.171. The van der Waals surface area contributed by atoms with Crippen molar-refractivity contribution in [2.24, 2.45) is 0 Å². The maximum Gasteiger partial charge on any atom is 0.157 e. The van der Waals surface area contributed by atoms with Crippen molar-refractivity contribution < 1.29 is 9.53 Å². The fraction of sp³-hybridized carbons (Fsp3) is 0.400. The maximum absolute atomic E-state index is 11.5. The Morgan fingerprint density at radius 1 is 1.28 bits per heavy atom. The van der Waals surface area contributed by atoms with E-state index in [2.05, 4.69) is 12.2 Å². The van der Waals surface area contributed by atoms with Crippen molar-refractivity contribution in [1.29, 1.82) is 0 Å². The summed E-state index contributed by atoms with van der Waals surface area (Å²) < 4.78 is 5.07. The second-order valence-corrected chi connectivity index (χ2v) is 4.13. The van der Waals surface area contributed by atoms with E-state index in [0.29, 0.717) is 6.42 Å². The lowest BCUT2D eigenvalue weighted by Crippen LogP contribution is -1.95. The zero-order valence-corrected chi connectivity index (χ0v) is 11.1. The van der Waals surface area contributed by atoms with E-state index < -0.39 is 0 Å². The Hall–Kier alpha value is -1.77. The number of rotatable bonds is 8. The van der Waals surface area contributed by atoms with Gasteiger partial charge in [0.1, 0.15) is 5.75 Å². The zero-order valence-electron chi connectivity index (χ0n) is 11.1. The highest BCUT2D eigenvalue weighted by Crippen LogP contribution is 2.14. The van der Waals surface area contributed by atoms with Gasteiger partial charge in [-0.2, -0.15) is 0 Å². The third-order valence-corrected chi connectivity index (χ3v) is 2.64. The lowest BCUT2D eigenvalue weighted by molar-refractivity contribution is -0.114. The van der Waals surface area contributed by atoms with Gasteiger partial charge in [-0.15, -0.1) is 0 Å². The molecule has 0 unspecified atom stereocenters. The zero-order chi connectivity index (χ0) is 13.2. The molecule has 0 heterocycles. The topological polar surface area (TPSA) is 38.3 Å². The Labute approximate surface area is 109 Å². The van der Waals surface area contributed by atoms with Gasteiger partial charge >= 0.3 is 0 Å². The van der Waals surface area contributed by atoms with Crippen molar-refractivity contribution in [3.05, 3.63) is 36.5 Å². The predicted octanol–water partition coefficient (Wildman–Crippen LogP) is 3.77. The Kier molecular flexibility index (Phi) is 6.62. The normalized spacial score (nSPS) is 10.6. The number of nitrogens with one attached hydrogen (secondary N) is 1. The number of allylic oxidation sites excluding steroid dienone is 1. The molecule has 0 aliphatic carbocycles. The van der Waals surface area contributed by atoms with Crippen LogP contribution in [0, 0.1) is 0 Å². The third-order valence-electron chi connectivity index (χ3n) is 2.64. The molecule has 0 bridgehead atoms. The van der Waals surface area contributed by atoms with Crippen molar-refractivity contribution in [1.82, 2.24) is 0 Å². The summed E-state index contributed by atoms with van der Waals surface area (Å²) in [5, 5.41) is 3.06. The molecule has 0 aliphatic heterocycles. The molecule has 18 heavy (non-hydrogen) atoms. The van der Waals surface area contributed by atoms with Crippen LogP contribution in [0.15, 0.2) is 36.5 Å². The van der Waals surface area contributed by atoms with Crippen molar-refractivity contribution in [3.8, 4) is 5.75 Å². The van der Waals surface area contributed by atoms with Crippen LogP contribution in [-0.2, 0) is 4.79 Å². The number of ketones is 1. The van der Waals surface area contributed by atoms with Crippen LogP contribution in [0.4, 0.5) is 5.69 Å². The molecule has 1 aromatic rings. The summed E-state index contributed by atoms with van der Waals surface area (Å²) in [4.78, 5) is 11.5. The van der Waals surface area contributed by atoms with Gasteiger partial charge in [-0.3, -0.25) is 4.79 Å². The van der Waals surface area contributed by atoms with E-state index >= 15 is 0 Å². The second-order valence-electron chi connectivity index (χ2n) is 4.13. The Morgan fingerprint density at radius 2 is 2.00 bits per heavy atom. The van der Waals surface area contributed by atoms with Gasteiger partial charge in [0.2, 0.25) is 0 Å². The van der Waals surface area contributed by atoms with Crippen molar-refractivity contribution >= 4 is 11.5 Å². The van der Waals surface area contributed by atoms with Crippen molar-refractivity contribution in [2.75, 3.05) is 12.4 Å². The fourth-order valence-electron chi connectivity index (χ4n) is 1.55. The molecular formula is C15H21NO2. The standard InChI is InChI=1S/C15H21NO2/c1-3-4-5-6-14(17)11-12-16-13-7-9-15(18-2)10-8-13/h7-12,16H,3-6H2,1-2H3/b12-11-. The number of methoxy groups -OCH3 is 1. The molecule has 0 atom stereocenters. The summed E-state index contributed by atoms with van der Waals surface area (Å²) >= 11 is 0. The Balaban J connectivity index is 2.32. The molecule has 0 amide bonds. The molecule has 0 aliphatic rings. The molecule has 0 spiro atoms. The molecule has 3 heteroatoms. The lowest BCUT2D eigenvalue weighted by Gasteiger charge is -2.02. The molecule has 1 rings (SSSR count). The van der Waals surface area contributed by atoms with Crippen molar-refractivity contribution in [2.45, 2.75) is 32.6 Å². The second kappa shape index (κ2) is 8.34. The maximum atomic E-state index is 11.5. The van der Waals surface area contributed by atoms with Crippen LogP contribution in [0.1, 0.15) is 32.6 Å². The summed E-state index contributed by atoms with van der Waals surface area (Å²) in [5.41, 5.74) is 0.938. The van der Waals surface area contributed by atoms with E-state index in [1.165, 1.54) is 0 Å². The van der Waals surface area contributed by atoms with Crippen LogP contribution in [0.25, 0.3) is 0 Å². The molecule has 1 N–H and O–H groups in total. The van der Waals surface area contributed by atoms with Gasteiger partial charge in [-0.05, 0) is 36.8 Å². The van der Waals surface area contributed by atoms with Gasteiger partial charge in [-0.25, -0.2) is 0 Å². The van der Waals surface area contributed by atoms with Crippen molar-refractivity contribution in [3.63, 3.8) is 0 Å². The smallest absolute Gasteiger partial charge is 0.157 e. The summed E-state index contributed by atoms with van der Waals surface area (Å²) in [6.45, 7) is 2.13. The molecular weight excluding hydrogens is 226 g/mol. The first-order valence-corrected chi connectivity index (χ1v) is 6.36. The van der Waals surface area contributed by atoms with Crippen LogP contribution in [0.3, 0.4) is 0 Å². The highest BCUT2D eigenvalue weighted by atomic mass is 16.5. The van der Waals surface area contributed by atoms with E-state index in [4.69, 9.17) is 4.74 Å². The molecule has 0 saturated heterocycles. The number of hydrogen-bond acceptors (Lipinski definition) is 3. The molecule has 1 aromatic carbocycles. The van der Waals surface area contributed by atoms with Gasteiger partial charge in [0.15, 0.2) is 5.78 Å². The van der Waals surface area contributed by atoms with E-state index in [9.17, 15) is 4.79 Å². The molecule has 0 fully saturated rings. The van der Waals surface area contributed by atoms with Gasteiger partial charge in [-0.1, -0.05) is 19.8 Å². The van der Waals surface area contributed by atoms with E-state index in [1.807, 2.05) is 24.3 Å². The summed E-state index contributed by atoms with van der Waals surface area (Å²) in [6.07, 6.45) is 7.15. The van der Waals surface area contributed by atoms with Gasteiger partial charge in [0.05, 0.1) is 7.11 Å². The molecule has 3 nitrogen and oxygen atoms in total. The lowest BCUT2D eigenvalue weighted by atomic mass is 10.1. The third kappa shape index (κ3) is 5.53. The first-order valence-electron chi connectivity index (χ1n) is 6.36. The number of benzene rings is 1. The van der Waals surface area contributed by atoms with Gasteiger partial charge in [0, 0.05) is 18.3 Å². The number of anilines is 1. The minimum atomic E-state index is 0.171. The quantitative estimate of drug-likeness (QED) is 0.561. The van der Waals surface area contributed by atoms with E-state index in [0.717, 1.165) is 30.7 Å². The largest absolute Gasteiger partial charge is 0.497 e. The molecule has 0 saturated carbocycles. The monoisotopic (exact) mass is 247 g/mol. The highest BCUT2D eigenvalue weighted by Gasteiger charge is 1.96. The van der Waals surface area contributed by atoms with Crippen LogP contribution >= 0.6 is 0 Å². The Morgan fingerprint density at radius 3 is 2.61 bits per heavy atom. The number of ether oxygens (including phenoxy) is 1. The molecule has 0 aromatic heterocycles. The summed E-state index contributed by atoms with van der Waals surface area (Å²) in [7, 11) is 1.64. The van der Waals surface area contributed by atoms with Crippen LogP contribution in [-0.4, -0.2) is 12.9 Å². The first kappa shape index (κ1) is 14.3. The van der Waals surface area contributed by atoms with Crippen LogP contribution in [0.5, 0.6) is 5.75 Å².